The van der Waals surface area contributed by atoms with E-state index >= 15 is 0 Å². The van der Waals surface area contributed by atoms with Gasteiger partial charge in [-0.3, -0.25) is 0 Å². The predicted molar refractivity (Wildman–Crippen MR) is 84.4 cm³/mol. The third-order valence-corrected chi connectivity index (χ3v) is 5.32. The van der Waals surface area contributed by atoms with Crippen LogP contribution in [0.15, 0.2) is 28.5 Å². The molecule has 1 atom stereocenters. The monoisotopic (exact) mass is 317 g/mol. The Morgan fingerprint density at radius 2 is 2.38 bits per heavy atom. The average Bonchev–Trinajstić information content (AvgIpc) is 3.24. The van der Waals surface area contributed by atoms with Gasteiger partial charge in [0.2, 0.25) is 0 Å². The number of thiophene rings is 1. The topological polar surface area (TPSA) is 55.6 Å². The molecule has 21 heavy (non-hydrogen) atoms. The third kappa shape index (κ3) is 2.76. The first kappa shape index (κ1) is 13.1. The van der Waals surface area contributed by atoms with Crippen LogP contribution >= 0.6 is 22.7 Å². The fourth-order valence-electron chi connectivity index (χ4n) is 2.56. The molecule has 4 rings (SSSR count). The minimum Gasteiger partial charge on any atom is -0.306 e. The highest BCUT2D eigenvalue weighted by molar-refractivity contribution is 7.14. The molecular weight excluding hydrogens is 302 g/mol. The summed E-state index contributed by atoms with van der Waals surface area (Å²) in [7, 11) is 0. The van der Waals surface area contributed by atoms with Gasteiger partial charge in [0.05, 0.1) is 12.2 Å². The summed E-state index contributed by atoms with van der Waals surface area (Å²) in [4.78, 5) is 8.96. The molecule has 7 heteroatoms. The molecule has 3 aromatic heterocycles. The van der Waals surface area contributed by atoms with E-state index < -0.39 is 0 Å². The molecule has 0 saturated heterocycles. The number of nitrogens with one attached hydrogen (secondary N) is 1. The van der Waals surface area contributed by atoms with Gasteiger partial charge < -0.3 is 5.32 Å². The van der Waals surface area contributed by atoms with Crippen LogP contribution in [0.25, 0.3) is 10.6 Å². The Morgan fingerprint density at radius 3 is 3.29 bits per heavy atom. The first-order chi connectivity index (χ1) is 10.4. The van der Waals surface area contributed by atoms with E-state index in [2.05, 4.69) is 37.6 Å². The van der Waals surface area contributed by atoms with Crippen molar-refractivity contribution in [2.24, 2.45) is 0 Å². The molecule has 5 nitrogen and oxygen atoms in total. The third-order valence-electron chi connectivity index (χ3n) is 3.70. The van der Waals surface area contributed by atoms with Gasteiger partial charge in [-0.05, 0) is 17.9 Å². The van der Waals surface area contributed by atoms with Crippen molar-refractivity contribution in [1.82, 2.24) is 25.1 Å². The largest absolute Gasteiger partial charge is 0.306 e. The lowest BCUT2D eigenvalue weighted by molar-refractivity contribution is 0.357. The van der Waals surface area contributed by atoms with Gasteiger partial charge in [0.15, 0.2) is 0 Å². The summed E-state index contributed by atoms with van der Waals surface area (Å²) in [5, 5.41) is 15.3. The summed E-state index contributed by atoms with van der Waals surface area (Å²) in [6.07, 6.45) is 3.75. The first-order valence-corrected chi connectivity index (χ1v) is 8.78. The molecule has 0 fully saturated rings. The van der Waals surface area contributed by atoms with Crippen molar-refractivity contribution < 1.29 is 0 Å². The Hall–Kier alpha value is -1.57. The maximum absolute atomic E-state index is 4.70. The maximum Gasteiger partial charge on any atom is 0.138 e. The van der Waals surface area contributed by atoms with Crippen LogP contribution in [0.2, 0.25) is 0 Å². The number of nitrogens with zero attached hydrogens (tertiary/aromatic N) is 4. The normalized spacial score (nSPS) is 17.8. The van der Waals surface area contributed by atoms with Crippen LogP contribution < -0.4 is 5.32 Å². The van der Waals surface area contributed by atoms with Crippen LogP contribution in [0.1, 0.15) is 17.9 Å². The van der Waals surface area contributed by atoms with Crippen molar-refractivity contribution in [3.63, 3.8) is 0 Å². The second-order valence-electron chi connectivity index (χ2n) is 5.13. The fraction of sp³-hybridized carbons (Fsp3) is 0.357. The van der Waals surface area contributed by atoms with Crippen molar-refractivity contribution in [1.29, 1.82) is 0 Å². The van der Waals surface area contributed by atoms with E-state index in [1.807, 2.05) is 4.68 Å². The van der Waals surface area contributed by atoms with E-state index in [-0.39, 0.29) is 0 Å². The van der Waals surface area contributed by atoms with Crippen molar-refractivity contribution in [2.75, 3.05) is 0 Å². The number of aryl methyl sites for hydroxylation is 1. The molecule has 0 saturated carbocycles. The Kier molecular flexibility index (Phi) is 3.54. The molecule has 0 aromatic carbocycles. The van der Waals surface area contributed by atoms with Gasteiger partial charge in [-0.1, -0.05) is 0 Å². The molecule has 0 aliphatic carbocycles. The number of fused-ring (bicyclic) bond motifs is 1. The van der Waals surface area contributed by atoms with Crippen LogP contribution in [0, 0.1) is 0 Å². The van der Waals surface area contributed by atoms with E-state index in [0.29, 0.717) is 6.04 Å². The summed E-state index contributed by atoms with van der Waals surface area (Å²) in [5.74, 6) is 1.10. The van der Waals surface area contributed by atoms with Crippen molar-refractivity contribution in [3.8, 4) is 10.6 Å². The number of thiazole rings is 1. The van der Waals surface area contributed by atoms with E-state index in [1.165, 1.54) is 5.56 Å². The zero-order valence-electron chi connectivity index (χ0n) is 11.4. The van der Waals surface area contributed by atoms with Gasteiger partial charge in [-0.2, -0.15) is 16.4 Å². The number of rotatable bonds is 4. The van der Waals surface area contributed by atoms with Crippen LogP contribution in [-0.4, -0.2) is 25.8 Å². The SMILES string of the molecule is c1nc2n(n1)C[C@H](NCc1csc(-c3ccsc3)n1)CC2. The molecular formula is C14H15N5S2. The van der Waals surface area contributed by atoms with E-state index in [9.17, 15) is 0 Å². The second-order valence-corrected chi connectivity index (χ2v) is 6.77. The molecule has 3 aromatic rings. The maximum atomic E-state index is 4.70. The Morgan fingerprint density at radius 1 is 1.38 bits per heavy atom. The first-order valence-electron chi connectivity index (χ1n) is 6.95. The van der Waals surface area contributed by atoms with E-state index in [4.69, 9.17) is 4.98 Å². The molecule has 1 N–H and O–H groups in total. The lowest BCUT2D eigenvalue weighted by Crippen LogP contribution is -2.37. The lowest BCUT2D eigenvalue weighted by Gasteiger charge is -2.23. The summed E-state index contributed by atoms with van der Waals surface area (Å²) >= 11 is 3.42. The van der Waals surface area contributed by atoms with Crippen molar-refractivity contribution in [2.45, 2.75) is 32.0 Å². The highest BCUT2D eigenvalue weighted by atomic mass is 32.1. The summed E-state index contributed by atoms with van der Waals surface area (Å²) < 4.78 is 2.00. The van der Waals surface area contributed by atoms with Crippen LogP contribution in [-0.2, 0) is 19.5 Å². The molecule has 0 amide bonds. The number of hydrogen-bond acceptors (Lipinski definition) is 6. The minimum absolute atomic E-state index is 0.450. The molecule has 0 spiro atoms. The Bertz CT molecular complexity index is 715. The quantitative estimate of drug-likeness (QED) is 0.803. The molecule has 108 valence electrons. The molecule has 1 aliphatic rings. The van der Waals surface area contributed by atoms with Crippen LogP contribution in [0.5, 0.6) is 0 Å². The van der Waals surface area contributed by atoms with Gasteiger partial charge in [-0.15, -0.1) is 11.3 Å². The minimum atomic E-state index is 0.450. The molecule has 0 bridgehead atoms. The summed E-state index contributed by atoms with van der Waals surface area (Å²) in [6, 6.07) is 2.57. The van der Waals surface area contributed by atoms with Crippen molar-refractivity contribution >= 4 is 22.7 Å². The number of hydrogen-bond donors (Lipinski definition) is 1. The summed E-state index contributed by atoms with van der Waals surface area (Å²) in [6.45, 7) is 1.71. The highest BCUT2D eigenvalue weighted by Gasteiger charge is 2.19. The smallest absolute Gasteiger partial charge is 0.138 e. The predicted octanol–water partition coefficient (Wildman–Crippen LogP) is 2.57. The number of aromatic nitrogens is 4. The molecule has 1 aliphatic heterocycles. The molecule has 4 heterocycles. The van der Waals surface area contributed by atoms with Gasteiger partial charge in [0, 0.05) is 35.3 Å². The van der Waals surface area contributed by atoms with E-state index in [1.54, 1.807) is 29.0 Å². The van der Waals surface area contributed by atoms with E-state index in [0.717, 1.165) is 42.5 Å². The van der Waals surface area contributed by atoms with Crippen LogP contribution in [0.4, 0.5) is 0 Å². The molecule has 0 unspecified atom stereocenters. The Balaban J connectivity index is 1.37. The van der Waals surface area contributed by atoms with Crippen LogP contribution in [0.3, 0.4) is 0 Å². The molecule has 0 radical (unpaired) electrons. The fourth-order valence-corrected chi connectivity index (χ4v) is 4.09. The van der Waals surface area contributed by atoms with Gasteiger partial charge in [0.25, 0.3) is 0 Å². The second kappa shape index (κ2) is 5.67. The lowest BCUT2D eigenvalue weighted by atomic mass is 10.1. The standard InChI is InChI=1S/C14H15N5S2/c1-2-13-16-9-17-19(13)6-11(1)15-5-12-8-21-14(18-12)10-3-4-20-7-10/h3-4,7-9,11,15H,1-2,5-6H2/t11-/m1/s1. The van der Waals surface area contributed by atoms with Gasteiger partial charge in [-0.25, -0.2) is 14.6 Å². The highest BCUT2D eigenvalue weighted by Crippen LogP contribution is 2.25. The van der Waals surface area contributed by atoms with Crippen molar-refractivity contribution in [3.05, 3.63) is 40.1 Å². The van der Waals surface area contributed by atoms with Gasteiger partial charge >= 0.3 is 0 Å². The zero-order valence-corrected chi connectivity index (χ0v) is 13.0. The summed E-state index contributed by atoms with van der Waals surface area (Å²) in [5.41, 5.74) is 2.34. The zero-order chi connectivity index (χ0) is 14.1. The van der Waals surface area contributed by atoms with Gasteiger partial charge in [0.1, 0.15) is 17.2 Å². The average molecular weight is 317 g/mol. The Labute approximate surface area is 130 Å².